The van der Waals surface area contributed by atoms with Gasteiger partial charge in [-0.15, -0.1) is 11.3 Å². The van der Waals surface area contributed by atoms with Gasteiger partial charge in [-0.2, -0.15) is 0 Å². The Hall–Kier alpha value is -3.01. The van der Waals surface area contributed by atoms with Gasteiger partial charge >= 0.3 is 0 Å². The monoisotopic (exact) mass is 561 g/mol. The third-order valence-electron chi connectivity index (χ3n) is 5.87. The van der Waals surface area contributed by atoms with Gasteiger partial charge < -0.3 is 9.88 Å². The van der Waals surface area contributed by atoms with Crippen molar-refractivity contribution in [3.8, 4) is 0 Å². The Bertz CT molecular complexity index is 1520. The average molecular weight is 562 g/mol. The third kappa shape index (κ3) is 5.79. The van der Waals surface area contributed by atoms with Crippen molar-refractivity contribution in [2.75, 3.05) is 5.32 Å². The molecular weight excluding hydrogens is 536 g/mol. The van der Waals surface area contributed by atoms with Crippen molar-refractivity contribution in [2.45, 2.75) is 40.7 Å². The minimum Gasteiger partial charge on any atom is -0.352 e. The number of halogens is 3. The second-order valence-corrected chi connectivity index (χ2v) is 11.4. The van der Waals surface area contributed by atoms with E-state index in [9.17, 15) is 14.0 Å². The summed E-state index contributed by atoms with van der Waals surface area (Å²) in [7, 11) is 1.76. The fourth-order valence-corrected chi connectivity index (χ4v) is 4.97. The minimum absolute atomic E-state index is 0.0951. The minimum atomic E-state index is -0.666. The molecule has 2 aromatic carbocycles. The zero-order valence-electron chi connectivity index (χ0n) is 21.0. The van der Waals surface area contributed by atoms with Crippen LogP contribution >= 0.6 is 34.5 Å². The number of nitrogens with one attached hydrogen (secondary N) is 2. The first-order valence-electron chi connectivity index (χ1n) is 11.5. The second kappa shape index (κ2) is 10.4. The molecule has 0 aliphatic carbocycles. The number of carbonyl (C=O) groups is 2. The number of rotatable bonds is 6. The number of imidazole rings is 1. The normalized spacial score (nSPS) is 11.7. The van der Waals surface area contributed by atoms with E-state index in [2.05, 4.69) is 20.6 Å². The molecule has 4 rings (SSSR count). The standard InChI is InChI=1S/C26H26Cl2FN5O2S/c1-13-12-37-25(31-13)33-23(35)16-8-19-20(10-18(16)29)34(5)21(32-19)9-15-17(27)7-6-14(22(15)28)11-30-24(36)26(2,3)4/h6-8,10,12H,9,11H2,1-5H3,(H,30,36)(H,31,33,35). The van der Waals surface area contributed by atoms with E-state index in [-0.39, 0.29) is 24.4 Å². The van der Waals surface area contributed by atoms with Gasteiger partial charge in [0.05, 0.1) is 27.3 Å². The molecule has 0 saturated heterocycles. The highest BCUT2D eigenvalue weighted by molar-refractivity contribution is 7.13. The van der Waals surface area contributed by atoms with Crippen molar-refractivity contribution in [1.29, 1.82) is 0 Å². The van der Waals surface area contributed by atoms with Crippen LogP contribution in [0.5, 0.6) is 0 Å². The van der Waals surface area contributed by atoms with Gasteiger partial charge in [-0.1, -0.05) is 50.0 Å². The van der Waals surface area contributed by atoms with Gasteiger partial charge in [-0.05, 0) is 30.2 Å². The maximum atomic E-state index is 14.9. The molecule has 0 spiro atoms. The summed E-state index contributed by atoms with van der Waals surface area (Å²) in [5.41, 5.74) is 2.46. The molecule has 4 aromatic rings. The van der Waals surface area contributed by atoms with Gasteiger partial charge in [0.15, 0.2) is 5.13 Å². The van der Waals surface area contributed by atoms with Gasteiger partial charge in [0.2, 0.25) is 5.91 Å². The molecule has 2 amide bonds. The van der Waals surface area contributed by atoms with Crippen LogP contribution in [0.15, 0.2) is 29.6 Å². The Kier molecular flexibility index (Phi) is 7.60. The number of hydrogen-bond acceptors (Lipinski definition) is 5. The largest absolute Gasteiger partial charge is 0.352 e. The second-order valence-electron chi connectivity index (χ2n) is 9.76. The number of hydrogen-bond donors (Lipinski definition) is 2. The van der Waals surface area contributed by atoms with E-state index in [1.165, 1.54) is 23.5 Å². The highest BCUT2D eigenvalue weighted by Crippen LogP contribution is 2.31. The maximum absolute atomic E-state index is 14.9. The highest BCUT2D eigenvalue weighted by atomic mass is 35.5. The molecule has 0 aliphatic rings. The summed E-state index contributed by atoms with van der Waals surface area (Å²) in [4.78, 5) is 33.8. The van der Waals surface area contributed by atoms with E-state index >= 15 is 0 Å². The Morgan fingerprint density at radius 2 is 1.89 bits per heavy atom. The van der Waals surface area contributed by atoms with E-state index in [0.29, 0.717) is 37.6 Å². The third-order valence-corrected chi connectivity index (χ3v) is 7.57. The molecule has 194 valence electrons. The van der Waals surface area contributed by atoms with Crippen molar-refractivity contribution in [1.82, 2.24) is 19.9 Å². The zero-order valence-corrected chi connectivity index (χ0v) is 23.3. The molecule has 11 heteroatoms. The first-order chi connectivity index (χ1) is 17.3. The van der Waals surface area contributed by atoms with Crippen LogP contribution < -0.4 is 10.6 Å². The van der Waals surface area contributed by atoms with Crippen LogP contribution in [-0.2, 0) is 24.8 Å². The maximum Gasteiger partial charge on any atom is 0.260 e. The van der Waals surface area contributed by atoms with Crippen LogP contribution in [0.25, 0.3) is 11.0 Å². The number of aromatic nitrogens is 3. The van der Waals surface area contributed by atoms with Crippen LogP contribution in [0.3, 0.4) is 0 Å². The highest BCUT2D eigenvalue weighted by Gasteiger charge is 2.22. The van der Waals surface area contributed by atoms with Crippen molar-refractivity contribution in [3.63, 3.8) is 0 Å². The number of carbonyl (C=O) groups excluding carboxylic acids is 2. The summed E-state index contributed by atoms with van der Waals surface area (Å²) < 4.78 is 16.7. The fourth-order valence-electron chi connectivity index (χ4n) is 3.71. The molecule has 0 radical (unpaired) electrons. The molecule has 0 aliphatic heterocycles. The van der Waals surface area contributed by atoms with E-state index in [1.807, 2.05) is 27.7 Å². The van der Waals surface area contributed by atoms with Gasteiger partial charge in [0.25, 0.3) is 5.91 Å². The average Bonchev–Trinajstić information content (AvgIpc) is 3.36. The van der Waals surface area contributed by atoms with Crippen LogP contribution in [0.4, 0.5) is 9.52 Å². The van der Waals surface area contributed by atoms with Gasteiger partial charge in [-0.25, -0.2) is 14.4 Å². The topological polar surface area (TPSA) is 88.9 Å². The lowest BCUT2D eigenvalue weighted by molar-refractivity contribution is -0.128. The predicted molar refractivity (Wildman–Crippen MR) is 146 cm³/mol. The number of benzene rings is 2. The summed E-state index contributed by atoms with van der Waals surface area (Å²) in [5, 5.41) is 8.59. The molecule has 0 saturated carbocycles. The summed E-state index contributed by atoms with van der Waals surface area (Å²) in [6.07, 6.45) is 0.269. The lowest BCUT2D eigenvalue weighted by Gasteiger charge is -2.18. The zero-order chi connectivity index (χ0) is 27.1. The molecule has 0 atom stereocenters. The Balaban J connectivity index is 1.62. The summed E-state index contributed by atoms with van der Waals surface area (Å²) >= 11 is 14.4. The first-order valence-corrected chi connectivity index (χ1v) is 13.1. The summed E-state index contributed by atoms with van der Waals surface area (Å²) in [6.45, 7) is 7.57. The molecule has 0 bridgehead atoms. The van der Waals surface area contributed by atoms with Crippen molar-refractivity contribution in [2.24, 2.45) is 12.5 Å². The molecule has 7 nitrogen and oxygen atoms in total. The van der Waals surface area contributed by atoms with E-state index < -0.39 is 17.1 Å². The molecule has 0 unspecified atom stereocenters. The molecule has 37 heavy (non-hydrogen) atoms. The lowest BCUT2D eigenvalue weighted by Crippen LogP contribution is -2.34. The Morgan fingerprint density at radius 1 is 1.16 bits per heavy atom. The van der Waals surface area contributed by atoms with Crippen molar-refractivity contribution < 1.29 is 14.0 Å². The SMILES string of the molecule is Cc1csc(NC(=O)c2cc3nc(Cc4c(Cl)ccc(CNC(=O)C(C)(C)C)c4Cl)n(C)c3cc2F)n1. The van der Waals surface area contributed by atoms with Gasteiger partial charge in [-0.3, -0.25) is 14.9 Å². The summed E-state index contributed by atoms with van der Waals surface area (Å²) in [6, 6.07) is 6.21. The number of aryl methyl sites for hydroxylation is 2. The predicted octanol–water partition coefficient (Wildman–Crippen LogP) is 6.29. The van der Waals surface area contributed by atoms with Gasteiger partial charge in [0.1, 0.15) is 11.6 Å². The van der Waals surface area contributed by atoms with Crippen LogP contribution in [0.2, 0.25) is 10.0 Å². The molecular formula is C26H26Cl2FN5O2S. The number of amides is 2. The molecule has 0 fully saturated rings. The molecule has 2 heterocycles. The molecule has 2 aromatic heterocycles. The van der Waals surface area contributed by atoms with E-state index in [1.54, 1.807) is 29.1 Å². The smallest absolute Gasteiger partial charge is 0.260 e. The van der Waals surface area contributed by atoms with Crippen molar-refractivity contribution >= 4 is 62.5 Å². The number of nitrogens with zero attached hydrogens (tertiary/aromatic N) is 3. The lowest BCUT2D eigenvalue weighted by atomic mass is 9.95. The first kappa shape index (κ1) is 27.0. The van der Waals surface area contributed by atoms with Crippen LogP contribution in [0, 0.1) is 18.2 Å². The van der Waals surface area contributed by atoms with Gasteiger partial charge in [0, 0.05) is 41.9 Å². The fraction of sp³-hybridized carbons (Fsp3) is 0.308. The van der Waals surface area contributed by atoms with E-state index in [4.69, 9.17) is 23.2 Å². The quantitative estimate of drug-likeness (QED) is 0.289. The number of fused-ring (bicyclic) bond motifs is 1. The Labute approximate surface area is 228 Å². The number of thiazole rings is 1. The molecule has 2 N–H and O–H groups in total. The Morgan fingerprint density at radius 3 is 2.54 bits per heavy atom. The van der Waals surface area contributed by atoms with Crippen LogP contribution in [0.1, 0.15) is 53.8 Å². The summed E-state index contributed by atoms with van der Waals surface area (Å²) in [5.74, 6) is -0.776. The number of anilines is 1. The van der Waals surface area contributed by atoms with E-state index in [0.717, 1.165) is 11.3 Å². The van der Waals surface area contributed by atoms with Crippen molar-refractivity contribution in [3.05, 3.63) is 73.7 Å². The van der Waals surface area contributed by atoms with Crippen LogP contribution in [-0.4, -0.2) is 26.3 Å².